The molecule has 8 nitrogen and oxygen atoms in total. The van der Waals surface area contributed by atoms with E-state index in [9.17, 15) is 18.0 Å². The standard InChI is InChI=1S/C21H31N3O5S/c25-20(15-22-9-11-23(12-10-22)21(26)19-7-4-13-29-19)24(17-5-2-1-3-6-17)18-8-14-30(27,28)16-18/h4,7,13,17-18H,1-3,5-6,8-12,14-16H2/t18-/m0/s1. The molecule has 2 aliphatic heterocycles. The van der Waals surface area contributed by atoms with Crippen molar-refractivity contribution in [1.29, 1.82) is 0 Å². The van der Waals surface area contributed by atoms with Crippen LogP contribution in [0.3, 0.4) is 0 Å². The summed E-state index contributed by atoms with van der Waals surface area (Å²) in [5.74, 6) is 0.536. The predicted octanol–water partition coefficient (Wildman–Crippen LogP) is 1.39. The molecule has 0 aromatic carbocycles. The van der Waals surface area contributed by atoms with Gasteiger partial charge in [-0.05, 0) is 31.4 Å². The minimum Gasteiger partial charge on any atom is -0.459 e. The number of sulfone groups is 1. The lowest BCUT2D eigenvalue weighted by Crippen LogP contribution is -2.55. The summed E-state index contributed by atoms with van der Waals surface area (Å²) in [7, 11) is -3.04. The fraction of sp³-hybridized carbons (Fsp3) is 0.714. The topological polar surface area (TPSA) is 91.1 Å². The molecule has 0 radical (unpaired) electrons. The van der Waals surface area contributed by atoms with Crippen molar-refractivity contribution in [2.24, 2.45) is 0 Å². The molecular formula is C21H31N3O5S. The highest BCUT2D eigenvalue weighted by atomic mass is 32.2. The second-order valence-corrected chi connectivity index (χ2v) is 10.9. The van der Waals surface area contributed by atoms with Crippen LogP contribution in [-0.2, 0) is 14.6 Å². The van der Waals surface area contributed by atoms with Crippen LogP contribution < -0.4 is 0 Å². The van der Waals surface area contributed by atoms with Crippen LogP contribution in [0.25, 0.3) is 0 Å². The third-order valence-corrected chi connectivity index (χ3v) is 8.36. The third kappa shape index (κ3) is 4.88. The van der Waals surface area contributed by atoms with Crippen molar-refractivity contribution in [2.75, 3.05) is 44.2 Å². The van der Waals surface area contributed by atoms with Crippen molar-refractivity contribution in [1.82, 2.24) is 14.7 Å². The van der Waals surface area contributed by atoms with Gasteiger partial charge in [-0.1, -0.05) is 19.3 Å². The lowest BCUT2D eigenvalue weighted by molar-refractivity contribution is -0.138. The average molecular weight is 438 g/mol. The Kier molecular flexibility index (Phi) is 6.48. The number of piperazine rings is 1. The summed E-state index contributed by atoms with van der Waals surface area (Å²) in [4.78, 5) is 31.5. The van der Waals surface area contributed by atoms with Gasteiger partial charge in [0.1, 0.15) is 0 Å². The molecule has 166 valence electrons. The molecular weight excluding hydrogens is 406 g/mol. The monoisotopic (exact) mass is 437 g/mol. The Bertz CT molecular complexity index is 840. The molecule has 30 heavy (non-hydrogen) atoms. The molecule has 4 rings (SSSR count). The van der Waals surface area contributed by atoms with Crippen molar-refractivity contribution in [3.63, 3.8) is 0 Å². The fourth-order valence-corrected chi connectivity index (χ4v) is 6.71. The van der Waals surface area contributed by atoms with Crippen LogP contribution in [0.4, 0.5) is 0 Å². The summed E-state index contributed by atoms with van der Waals surface area (Å²) in [6.45, 7) is 2.64. The number of amides is 2. The molecule has 2 saturated heterocycles. The third-order valence-electron chi connectivity index (χ3n) is 6.61. The number of hydrogen-bond acceptors (Lipinski definition) is 6. The van der Waals surface area contributed by atoms with Gasteiger partial charge in [-0.2, -0.15) is 0 Å². The molecule has 0 unspecified atom stereocenters. The molecule has 2 amide bonds. The van der Waals surface area contributed by atoms with Crippen LogP contribution in [0.15, 0.2) is 22.8 Å². The maximum absolute atomic E-state index is 13.3. The van der Waals surface area contributed by atoms with E-state index >= 15 is 0 Å². The van der Waals surface area contributed by atoms with Gasteiger partial charge >= 0.3 is 0 Å². The van der Waals surface area contributed by atoms with Crippen molar-refractivity contribution < 1.29 is 22.4 Å². The highest BCUT2D eigenvalue weighted by Crippen LogP contribution is 2.28. The number of furan rings is 1. The van der Waals surface area contributed by atoms with Crippen LogP contribution in [0.5, 0.6) is 0 Å². The van der Waals surface area contributed by atoms with Crippen LogP contribution in [0.2, 0.25) is 0 Å². The maximum Gasteiger partial charge on any atom is 0.289 e. The van der Waals surface area contributed by atoms with Gasteiger partial charge in [-0.3, -0.25) is 14.5 Å². The van der Waals surface area contributed by atoms with Crippen LogP contribution in [0, 0.1) is 0 Å². The summed E-state index contributed by atoms with van der Waals surface area (Å²) in [5, 5.41) is 0. The zero-order valence-electron chi connectivity index (χ0n) is 17.4. The van der Waals surface area contributed by atoms with Gasteiger partial charge < -0.3 is 14.2 Å². The summed E-state index contributed by atoms with van der Waals surface area (Å²) in [5.41, 5.74) is 0. The van der Waals surface area contributed by atoms with E-state index in [1.807, 2.05) is 4.90 Å². The molecule has 9 heteroatoms. The molecule has 3 heterocycles. The van der Waals surface area contributed by atoms with Crippen molar-refractivity contribution in [2.45, 2.75) is 50.6 Å². The first kappa shape index (κ1) is 21.4. The minimum absolute atomic E-state index is 0.0369. The zero-order valence-corrected chi connectivity index (χ0v) is 18.2. The number of nitrogens with zero attached hydrogens (tertiary/aromatic N) is 3. The highest BCUT2D eigenvalue weighted by Gasteiger charge is 2.39. The van der Waals surface area contributed by atoms with Crippen LogP contribution in [-0.4, -0.2) is 91.2 Å². The number of rotatable bonds is 5. The van der Waals surface area contributed by atoms with E-state index in [1.54, 1.807) is 17.0 Å². The highest BCUT2D eigenvalue weighted by molar-refractivity contribution is 7.91. The molecule has 0 bridgehead atoms. The van der Waals surface area contributed by atoms with Gasteiger partial charge in [0.15, 0.2) is 15.6 Å². The first-order valence-electron chi connectivity index (χ1n) is 11.0. The Morgan fingerprint density at radius 1 is 1.03 bits per heavy atom. The Balaban J connectivity index is 1.36. The second-order valence-electron chi connectivity index (χ2n) is 8.70. The zero-order chi connectivity index (χ0) is 21.1. The lowest BCUT2D eigenvalue weighted by Gasteiger charge is -2.40. The molecule has 1 atom stereocenters. The molecule has 0 spiro atoms. The van der Waals surface area contributed by atoms with Gasteiger partial charge in [0, 0.05) is 38.3 Å². The smallest absolute Gasteiger partial charge is 0.289 e. The van der Waals surface area contributed by atoms with Gasteiger partial charge in [-0.25, -0.2) is 8.42 Å². The quantitative estimate of drug-likeness (QED) is 0.691. The number of carbonyl (C=O) groups is 2. The Labute approximate surface area is 178 Å². The summed E-state index contributed by atoms with van der Waals surface area (Å²) < 4.78 is 29.3. The molecule has 1 aromatic rings. The van der Waals surface area contributed by atoms with E-state index in [0.29, 0.717) is 38.4 Å². The number of hydrogen-bond donors (Lipinski definition) is 0. The Hall–Kier alpha value is -1.87. The van der Waals surface area contributed by atoms with E-state index in [2.05, 4.69) is 4.90 Å². The molecule has 1 saturated carbocycles. The minimum atomic E-state index is -3.04. The van der Waals surface area contributed by atoms with Gasteiger partial charge in [0.05, 0.1) is 24.3 Å². The summed E-state index contributed by atoms with van der Waals surface area (Å²) in [6, 6.07) is 3.33. The van der Waals surface area contributed by atoms with E-state index in [4.69, 9.17) is 4.42 Å². The van der Waals surface area contributed by atoms with E-state index in [-0.39, 0.29) is 41.9 Å². The van der Waals surface area contributed by atoms with E-state index in [0.717, 1.165) is 25.7 Å². The van der Waals surface area contributed by atoms with Crippen LogP contribution >= 0.6 is 0 Å². The Morgan fingerprint density at radius 3 is 2.37 bits per heavy atom. The SMILES string of the molecule is O=C(c1ccco1)N1CCN(CC(=O)N(C2CCCCC2)[C@H]2CCS(=O)(=O)C2)CC1. The average Bonchev–Trinajstić information content (AvgIpc) is 3.39. The largest absolute Gasteiger partial charge is 0.459 e. The van der Waals surface area contributed by atoms with Gasteiger partial charge in [0.25, 0.3) is 5.91 Å². The molecule has 3 aliphatic rings. The van der Waals surface area contributed by atoms with Crippen molar-refractivity contribution in [3.8, 4) is 0 Å². The van der Waals surface area contributed by atoms with Crippen molar-refractivity contribution >= 4 is 21.7 Å². The Morgan fingerprint density at radius 2 is 1.77 bits per heavy atom. The lowest BCUT2D eigenvalue weighted by atomic mass is 9.92. The number of carbonyl (C=O) groups excluding carboxylic acids is 2. The van der Waals surface area contributed by atoms with Crippen molar-refractivity contribution in [3.05, 3.63) is 24.2 Å². The van der Waals surface area contributed by atoms with Gasteiger partial charge in [-0.15, -0.1) is 0 Å². The molecule has 1 aliphatic carbocycles. The normalized spacial score (nSPS) is 25.3. The first-order chi connectivity index (χ1) is 14.4. The summed E-state index contributed by atoms with van der Waals surface area (Å²) >= 11 is 0. The fourth-order valence-electron chi connectivity index (χ4n) is 5.00. The molecule has 3 fully saturated rings. The molecule has 1 aromatic heterocycles. The predicted molar refractivity (Wildman–Crippen MR) is 112 cm³/mol. The van der Waals surface area contributed by atoms with Gasteiger partial charge in [0.2, 0.25) is 5.91 Å². The van der Waals surface area contributed by atoms with E-state index in [1.165, 1.54) is 12.7 Å². The molecule has 0 N–H and O–H groups in total. The van der Waals surface area contributed by atoms with E-state index < -0.39 is 9.84 Å². The second kappa shape index (κ2) is 9.09. The van der Waals surface area contributed by atoms with Crippen LogP contribution in [0.1, 0.15) is 49.1 Å². The summed E-state index contributed by atoms with van der Waals surface area (Å²) in [6.07, 6.45) is 7.36. The first-order valence-corrected chi connectivity index (χ1v) is 12.8. The maximum atomic E-state index is 13.3.